The molecule has 0 spiro atoms. The molecule has 0 bridgehead atoms. The maximum atomic E-state index is 11.7. The van der Waals surface area contributed by atoms with Crippen LogP contribution in [0.2, 0.25) is 0 Å². The van der Waals surface area contributed by atoms with Gasteiger partial charge in [0.15, 0.2) is 0 Å². The second-order valence-electron chi connectivity index (χ2n) is 4.97. The molecule has 0 aliphatic carbocycles. The van der Waals surface area contributed by atoms with Crippen molar-refractivity contribution in [2.45, 2.75) is 44.6 Å². The Labute approximate surface area is 122 Å². The van der Waals surface area contributed by atoms with Crippen LogP contribution in [0.3, 0.4) is 0 Å². The van der Waals surface area contributed by atoms with E-state index in [0.717, 1.165) is 18.5 Å². The molecule has 0 saturated carbocycles. The summed E-state index contributed by atoms with van der Waals surface area (Å²) < 4.78 is 25.8. The number of nitrogen functional groups attached to an aromatic ring is 1. The molecule has 1 unspecified atom stereocenters. The Kier molecular flexibility index (Phi) is 5.83. The van der Waals surface area contributed by atoms with Crippen LogP contribution >= 0.6 is 0 Å². The van der Waals surface area contributed by atoms with Gasteiger partial charge in [0.25, 0.3) is 0 Å². The molecule has 1 rings (SSSR count). The fraction of sp³-hybridized carbons (Fsp3) is 0.571. The zero-order chi connectivity index (χ0) is 15.3. The van der Waals surface area contributed by atoms with Gasteiger partial charge in [-0.15, -0.1) is 0 Å². The lowest BCUT2D eigenvalue weighted by atomic mass is 9.95. The van der Waals surface area contributed by atoms with Gasteiger partial charge in [0, 0.05) is 11.7 Å². The molecule has 1 aromatic rings. The minimum absolute atomic E-state index is 0.112. The average Bonchev–Trinajstić information content (AvgIpc) is 2.39. The Balaban J connectivity index is 2.94. The molecule has 1 atom stereocenters. The van der Waals surface area contributed by atoms with Crippen molar-refractivity contribution in [3.8, 4) is 0 Å². The van der Waals surface area contributed by atoms with Crippen LogP contribution in [0.4, 0.5) is 11.4 Å². The first-order valence-corrected chi connectivity index (χ1v) is 8.43. The van der Waals surface area contributed by atoms with Crippen molar-refractivity contribution in [1.82, 2.24) is 4.72 Å². The highest BCUT2D eigenvalue weighted by Gasteiger charge is 2.17. The van der Waals surface area contributed by atoms with E-state index in [9.17, 15) is 8.42 Å². The Morgan fingerprint density at radius 3 is 2.30 bits per heavy atom. The molecular weight excluding hydrogens is 274 g/mol. The summed E-state index contributed by atoms with van der Waals surface area (Å²) in [6, 6.07) is 5.27. The highest BCUT2D eigenvalue weighted by atomic mass is 32.2. The fourth-order valence-electron chi connectivity index (χ4n) is 2.37. The third-order valence-electron chi connectivity index (χ3n) is 3.72. The van der Waals surface area contributed by atoms with E-state index in [4.69, 9.17) is 5.73 Å². The molecule has 5 nitrogen and oxygen atoms in total. The first kappa shape index (κ1) is 16.8. The Bertz CT molecular complexity index is 539. The number of nitrogens with one attached hydrogen (secondary N) is 2. The zero-order valence-electron chi connectivity index (χ0n) is 12.6. The summed E-state index contributed by atoms with van der Waals surface area (Å²) in [4.78, 5) is 0.112. The van der Waals surface area contributed by atoms with Gasteiger partial charge in [0.2, 0.25) is 10.0 Å². The SMILES string of the molecule is CCC(CC)C(C)Nc1ccc(S(=O)(=O)NC)c(N)c1. The largest absolute Gasteiger partial charge is 0.398 e. The molecule has 0 radical (unpaired) electrons. The molecular formula is C14H25N3O2S. The van der Waals surface area contributed by atoms with Gasteiger partial charge >= 0.3 is 0 Å². The molecule has 0 heterocycles. The Morgan fingerprint density at radius 2 is 1.85 bits per heavy atom. The van der Waals surface area contributed by atoms with E-state index >= 15 is 0 Å². The van der Waals surface area contributed by atoms with Crippen LogP contribution < -0.4 is 15.8 Å². The van der Waals surface area contributed by atoms with Crippen molar-refractivity contribution in [3.05, 3.63) is 18.2 Å². The lowest BCUT2D eigenvalue weighted by Gasteiger charge is -2.24. The van der Waals surface area contributed by atoms with Gasteiger partial charge in [-0.3, -0.25) is 0 Å². The van der Waals surface area contributed by atoms with Crippen LogP contribution in [0.5, 0.6) is 0 Å². The summed E-state index contributed by atoms with van der Waals surface area (Å²) in [6.45, 7) is 6.47. The summed E-state index contributed by atoms with van der Waals surface area (Å²) in [5, 5.41) is 3.39. The number of sulfonamides is 1. The molecule has 0 saturated heterocycles. The molecule has 4 N–H and O–H groups in total. The number of hydrogen-bond donors (Lipinski definition) is 3. The smallest absolute Gasteiger partial charge is 0.242 e. The first-order valence-electron chi connectivity index (χ1n) is 6.95. The molecule has 20 heavy (non-hydrogen) atoms. The average molecular weight is 299 g/mol. The minimum Gasteiger partial charge on any atom is -0.398 e. The molecule has 114 valence electrons. The molecule has 0 aliphatic rings. The first-order chi connectivity index (χ1) is 9.35. The number of anilines is 2. The minimum atomic E-state index is -3.50. The maximum absolute atomic E-state index is 11.7. The molecule has 6 heteroatoms. The monoisotopic (exact) mass is 299 g/mol. The van der Waals surface area contributed by atoms with Gasteiger partial charge in [-0.1, -0.05) is 26.7 Å². The highest BCUT2D eigenvalue weighted by molar-refractivity contribution is 7.89. The van der Waals surface area contributed by atoms with E-state index in [1.54, 1.807) is 12.1 Å². The van der Waals surface area contributed by atoms with Crippen molar-refractivity contribution in [1.29, 1.82) is 0 Å². The van der Waals surface area contributed by atoms with Gasteiger partial charge in [0.1, 0.15) is 4.90 Å². The van der Waals surface area contributed by atoms with E-state index < -0.39 is 10.0 Å². The van der Waals surface area contributed by atoms with Crippen molar-refractivity contribution >= 4 is 21.4 Å². The number of rotatable bonds is 7. The van der Waals surface area contributed by atoms with E-state index in [-0.39, 0.29) is 10.6 Å². The number of benzene rings is 1. The van der Waals surface area contributed by atoms with Crippen molar-refractivity contribution in [3.63, 3.8) is 0 Å². The number of nitrogens with two attached hydrogens (primary N) is 1. The van der Waals surface area contributed by atoms with Crippen LogP contribution in [0.1, 0.15) is 33.6 Å². The van der Waals surface area contributed by atoms with E-state index in [1.165, 1.54) is 13.1 Å². The highest BCUT2D eigenvalue weighted by Crippen LogP contribution is 2.24. The van der Waals surface area contributed by atoms with E-state index in [2.05, 4.69) is 30.8 Å². The summed E-state index contributed by atoms with van der Waals surface area (Å²) in [6.07, 6.45) is 2.21. The van der Waals surface area contributed by atoms with Crippen LogP contribution in [0.25, 0.3) is 0 Å². The maximum Gasteiger partial charge on any atom is 0.242 e. The second-order valence-corrected chi connectivity index (χ2v) is 6.82. The lowest BCUT2D eigenvalue weighted by Crippen LogP contribution is -2.25. The molecule has 0 aliphatic heterocycles. The normalized spacial score (nSPS) is 13.4. The van der Waals surface area contributed by atoms with Gasteiger partial charge in [-0.2, -0.15) is 0 Å². The summed E-state index contributed by atoms with van der Waals surface area (Å²) >= 11 is 0. The van der Waals surface area contributed by atoms with Crippen LogP contribution in [-0.4, -0.2) is 21.5 Å². The lowest BCUT2D eigenvalue weighted by molar-refractivity contribution is 0.438. The molecule has 0 fully saturated rings. The van der Waals surface area contributed by atoms with Crippen molar-refractivity contribution in [2.75, 3.05) is 18.1 Å². The Morgan fingerprint density at radius 1 is 1.25 bits per heavy atom. The van der Waals surface area contributed by atoms with E-state index in [0.29, 0.717) is 12.0 Å². The summed E-state index contributed by atoms with van der Waals surface area (Å²) in [5.74, 6) is 0.581. The summed E-state index contributed by atoms with van der Waals surface area (Å²) in [5.41, 5.74) is 6.94. The van der Waals surface area contributed by atoms with Crippen LogP contribution in [0, 0.1) is 5.92 Å². The molecule has 0 aromatic heterocycles. The molecule has 0 amide bonds. The van der Waals surface area contributed by atoms with Gasteiger partial charge < -0.3 is 11.1 Å². The van der Waals surface area contributed by atoms with Crippen LogP contribution in [0.15, 0.2) is 23.1 Å². The predicted octanol–water partition coefficient (Wildman–Crippen LogP) is 2.41. The number of hydrogen-bond acceptors (Lipinski definition) is 4. The third-order valence-corrected chi connectivity index (χ3v) is 5.21. The van der Waals surface area contributed by atoms with E-state index in [1.807, 2.05) is 0 Å². The zero-order valence-corrected chi connectivity index (χ0v) is 13.4. The van der Waals surface area contributed by atoms with Gasteiger partial charge in [-0.05, 0) is 38.1 Å². The quantitative estimate of drug-likeness (QED) is 0.675. The topological polar surface area (TPSA) is 84.2 Å². The van der Waals surface area contributed by atoms with Crippen molar-refractivity contribution < 1.29 is 8.42 Å². The van der Waals surface area contributed by atoms with Crippen molar-refractivity contribution in [2.24, 2.45) is 5.92 Å². The van der Waals surface area contributed by atoms with Gasteiger partial charge in [-0.25, -0.2) is 13.1 Å². The van der Waals surface area contributed by atoms with Crippen LogP contribution in [-0.2, 0) is 10.0 Å². The third kappa shape index (κ3) is 3.86. The second kappa shape index (κ2) is 6.95. The molecule has 1 aromatic carbocycles. The summed E-state index contributed by atoms with van der Waals surface area (Å²) in [7, 11) is -2.13. The predicted molar refractivity (Wildman–Crippen MR) is 84.3 cm³/mol. The van der Waals surface area contributed by atoms with Gasteiger partial charge in [0.05, 0.1) is 5.69 Å². The fourth-order valence-corrected chi connectivity index (χ4v) is 3.21. The Hall–Kier alpha value is -1.27. The standard InChI is InChI=1S/C14H25N3O2S/c1-5-11(6-2)10(3)17-12-7-8-14(13(15)9-12)20(18,19)16-4/h7-11,16-17H,5-6,15H2,1-4H3.